The number of nitrogens with one attached hydrogen (secondary N) is 1. The van der Waals surface area contributed by atoms with Crippen molar-refractivity contribution < 1.29 is 26.0 Å². The minimum absolute atomic E-state index is 0.00173. The monoisotopic (exact) mass is 642 g/mol. The summed E-state index contributed by atoms with van der Waals surface area (Å²) >= 11 is 1.77. The highest BCUT2D eigenvalue weighted by Gasteiger charge is 2.30. The van der Waals surface area contributed by atoms with E-state index in [1.807, 2.05) is 0 Å². The van der Waals surface area contributed by atoms with Crippen LogP contribution in [-0.2, 0) is 10.0 Å². The number of hydrogen-bond donors (Lipinski definition) is 1. The maximum absolute atomic E-state index is 15.8. The molecule has 0 aliphatic heterocycles. The number of hydrogen-bond acceptors (Lipinski definition) is 4. The number of sulfonamides is 1. The highest BCUT2D eigenvalue weighted by molar-refractivity contribution is 14.1. The number of rotatable bonds is 6. The Morgan fingerprint density at radius 2 is 1.59 bits per heavy atom. The third-order valence-electron chi connectivity index (χ3n) is 6.20. The van der Waals surface area contributed by atoms with Crippen molar-refractivity contribution in [2.45, 2.75) is 30.9 Å². The van der Waals surface area contributed by atoms with Crippen molar-refractivity contribution in [2.24, 2.45) is 0 Å². The summed E-state index contributed by atoms with van der Waals surface area (Å²) in [5.74, 6) is -3.74. The predicted molar refractivity (Wildman–Crippen MR) is 140 cm³/mol. The molecule has 1 aliphatic rings. The van der Waals surface area contributed by atoms with Gasteiger partial charge in [-0.3, -0.25) is 9.71 Å². The molecule has 37 heavy (non-hydrogen) atoms. The highest BCUT2D eigenvalue weighted by Crippen LogP contribution is 2.38. The summed E-state index contributed by atoms with van der Waals surface area (Å²) in [7, 11) is -3.95. The van der Waals surface area contributed by atoms with Gasteiger partial charge in [0.25, 0.3) is 0 Å². The van der Waals surface area contributed by atoms with Crippen LogP contribution in [0.4, 0.5) is 23.2 Å². The quantitative estimate of drug-likeness (QED) is 0.194. The van der Waals surface area contributed by atoms with Gasteiger partial charge in [0, 0.05) is 44.9 Å². The second-order valence-electron chi connectivity index (χ2n) is 8.66. The average Bonchev–Trinajstić information content (AvgIpc) is 3.52. The van der Waals surface area contributed by atoms with Crippen LogP contribution in [0.25, 0.3) is 28.1 Å². The van der Waals surface area contributed by atoms with Gasteiger partial charge in [-0.25, -0.2) is 30.7 Å². The fourth-order valence-electron chi connectivity index (χ4n) is 4.46. The fourth-order valence-corrected chi connectivity index (χ4v) is 6.58. The van der Waals surface area contributed by atoms with Gasteiger partial charge >= 0.3 is 0 Å². The fraction of sp³-hybridized carbons (Fsp3) is 0.200. The number of pyridine rings is 1. The number of anilines is 1. The summed E-state index contributed by atoms with van der Waals surface area (Å²) in [4.78, 5) is 3.93. The SMILES string of the molecule is O=S(=O)(Nc1cc(F)cc(-c2cn(-c3c(F)cc(I)cc3F)nc2-c2ccncc2)c1F)C1CCCC1. The molecule has 6 nitrogen and oxygen atoms in total. The van der Waals surface area contributed by atoms with Crippen LogP contribution in [0.3, 0.4) is 0 Å². The molecule has 0 bridgehead atoms. The summed E-state index contributed by atoms with van der Waals surface area (Å²) in [6, 6.07) is 6.99. The number of aromatic nitrogens is 3. The van der Waals surface area contributed by atoms with E-state index in [2.05, 4.69) is 14.8 Å². The maximum Gasteiger partial charge on any atom is 0.235 e. The average molecular weight is 642 g/mol. The molecule has 0 atom stereocenters. The highest BCUT2D eigenvalue weighted by atomic mass is 127. The van der Waals surface area contributed by atoms with E-state index in [0.29, 0.717) is 22.0 Å². The van der Waals surface area contributed by atoms with Crippen molar-refractivity contribution in [2.75, 3.05) is 4.72 Å². The zero-order chi connectivity index (χ0) is 26.3. The molecular weight excluding hydrogens is 623 g/mol. The minimum atomic E-state index is -3.95. The summed E-state index contributed by atoms with van der Waals surface area (Å²) in [5.41, 5.74) is -0.862. The van der Waals surface area contributed by atoms with Crippen LogP contribution in [0.2, 0.25) is 0 Å². The van der Waals surface area contributed by atoms with Gasteiger partial charge in [-0.1, -0.05) is 12.8 Å². The molecule has 5 rings (SSSR count). The smallest absolute Gasteiger partial charge is 0.235 e. The van der Waals surface area contributed by atoms with E-state index in [1.54, 1.807) is 34.7 Å². The lowest BCUT2D eigenvalue weighted by molar-refractivity contribution is 0.559. The summed E-state index contributed by atoms with van der Waals surface area (Å²) in [5, 5.41) is 3.60. The molecule has 0 spiro atoms. The zero-order valence-corrected chi connectivity index (χ0v) is 22.0. The zero-order valence-electron chi connectivity index (χ0n) is 19.1. The predicted octanol–water partition coefficient (Wildman–Crippen LogP) is 6.45. The van der Waals surface area contributed by atoms with Crippen LogP contribution in [-0.4, -0.2) is 28.4 Å². The lowest BCUT2D eigenvalue weighted by Gasteiger charge is -2.15. The van der Waals surface area contributed by atoms with Crippen molar-refractivity contribution in [3.05, 3.63) is 81.8 Å². The molecule has 2 heterocycles. The summed E-state index contributed by atoms with van der Waals surface area (Å²) in [6.07, 6.45) is 6.43. The molecule has 2 aromatic heterocycles. The van der Waals surface area contributed by atoms with Gasteiger partial charge in [-0.15, -0.1) is 0 Å². The summed E-state index contributed by atoms with van der Waals surface area (Å²) < 4.78 is 89.0. The van der Waals surface area contributed by atoms with E-state index in [1.165, 1.54) is 18.6 Å². The molecule has 0 amide bonds. The molecule has 1 fully saturated rings. The van der Waals surface area contributed by atoms with Gasteiger partial charge in [-0.2, -0.15) is 5.10 Å². The third kappa shape index (κ3) is 5.08. The largest absolute Gasteiger partial charge is 0.280 e. The Morgan fingerprint density at radius 3 is 2.24 bits per heavy atom. The van der Waals surface area contributed by atoms with E-state index < -0.39 is 49.9 Å². The first-order valence-electron chi connectivity index (χ1n) is 11.3. The van der Waals surface area contributed by atoms with Crippen LogP contribution >= 0.6 is 22.6 Å². The maximum atomic E-state index is 15.8. The molecule has 1 aliphatic carbocycles. The Morgan fingerprint density at radius 1 is 0.946 bits per heavy atom. The lowest BCUT2D eigenvalue weighted by atomic mass is 10.0. The third-order valence-corrected chi connectivity index (χ3v) is 8.68. The van der Waals surface area contributed by atoms with Crippen LogP contribution in [0.1, 0.15) is 25.7 Å². The number of benzene rings is 2. The molecule has 192 valence electrons. The number of halogens is 5. The molecule has 4 aromatic rings. The normalized spacial score (nSPS) is 14.3. The lowest BCUT2D eigenvalue weighted by Crippen LogP contribution is -2.25. The topological polar surface area (TPSA) is 76.9 Å². The van der Waals surface area contributed by atoms with E-state index in [4.69, 9.17) is 0 Å². The molecule has 1 saturated carbocycles. The van der Waals surface area contributed by atoms with E-state index in [9.17, 15) is 21.6 Å². The van der Waals surface area contributed by atoms with Gasteiger partial charge in [0.05, 0.1) is 10.9 Å². The Bertz CT molecular complexity index is 1570. The van der Waals surface area contributed by atoms with E-state index >= 15 is 4.39 Å². The van der Waals surface area contributed by atoms with Crippen LogP contribution in [0, 0.1) is 26.8 Å². The Hall–Kier alpha value is -3.00. The van der Waals surface area contributed by atoms with Gasteiger partial charge in [0.2, 0.25) is 10.0 Å². The molecular formula is C25H19F4IN4O2S. The Labute approximate surface area is 223 Å². The second kappa shape index (κ2) is 10.0. The van der Waals surface area contributed by atoms with Crippen LogP contribution in [0.5, 0.6) is 0 Å². The standard InChI is InChI=1S/C25H19F4IN4O2S/c26-15-9-18(23(29)22(10-15)33-37(35,36)17-3-1-2-4-17)19-13-34(25-20(27)11-16(30)12-21(25)28)32-24(19)14-5-7-31-8-6-14/h5-13,17,33H,1-4H2. The first kappa shape index (κ1) is 25.6. The van der Waals surface area contributed by atoms with Crippen molar-refractivity contribution in [3.8, 4) is 28.1 Å². The van der Waals surface area contributed by atoms with Gasteiger partial charge in [0.1, 0.15) is 17.2 Å². The molecule has 1 N–H and O–H groups in total. The summed E-state index contributed by atoms with van der Waals surface area (Å²) in [6.45, 7) is 0. The molecule has 0 saturated heterocycles. The van der Waals surface area contributed by atoms with Crippen molar-refractivity contribution in [1.82, 2.24) is 14.8 Å². The van der Waals surface area contributed by atoms with Crippen LogP contribution in [0.15, 0.2) is 55.0 Å². The molecule has 0 radical (unpaired) electrons. The van der Waals surface area contributed by atoms with Gasteiger partial charge < -0.3 is 0 Å². The minimum Gasteiger partial charge on any atom is -0.280 e. The van der Waals surface area contributed by atoms with Gasteiger partial charge in [0.15, 0.2) is 17.5 Å². The van der Waals surface area contributed by atoms with Crippen LogP contribution < -0.4 is 4.72 Å². The molecule has 2 aromatic carbocycles. The van der Waals surface area contributed by atoms with E-state index in [-0.39, 0.29) is 16.8 Å². The Kier molecular flexibility index (Phi) is 6.96. The first-order chi connectivity index (χ1) is 17.6. The van der Waals surface area contributed by atoms with Gasteiger partial charge in [-0.05, 0) is 65.8 Å². The van der Waals surface area contributed by atoms with Crippen molar-refractivity contribution in [3.63, 3.8) is 0 Å². The molecule has 0 unspecified atom stereocenters. The van der Waals surface area contributed by atoms with Crippen molar-refractivity contribution >= 4 is 38.3 Å². The Balaban J connectivity index is 1.68. The molecule has 12 heteroatoms. The van der Waals surface area contributed by atoms with E-state index in [0.717, 1.165) is 41.8 Å². The van der Waals surface area contributed by atoms with Crippen molar-refractivity contribution in [1.29, 1.82) is 0 Å². The first-order valence-corrected chi connectivity index (χ1v) is 13.9. The second-order valence-corrected chi connectivity index (χ2v) is 11.9. The number of nitrogens with zero attached hydrogens (tertiary/aromatic N) is 3.